The third kappa shape index (κ3) is 3.38. The molecule has 0 bridgehead atoms. The molecule has 0 aromatic carbocycles. The van der Waals surface area contributed by atoms with Crippen LogP contribution in [0.15, 0.2) is 4.52 Å². The normalized spacial score (nSPS) is 18.1. The van der Waals surface area contributed by atoms with Gasteiger partial charge in [-0.2, -0.15) is 23.3 Å². The van der Waals surface area contributed by atoms with E-state index in [4.69, 9.17) is 4.52 Å². The molecule has 1 unspecified atom stereocenters. The minimum atomic E-state index is -4.54. The Bertz CT molecular complexity index is 793. The van der Waals surface area contributed by atoms with Gasteiger partial charge in [-0.25, -0.2) is 0 Å². The number of aromatic amines is 1. The summed E-state index contributed by atoms with van der Waals surface area (Å²) < 4.78 is 44.1. The maximum atomic E-state index is 13.0. The molecule has 1 aliphatic rings. The lowest BCUT2D eigenvalue weighted by molar-refractivity contribution is -0.142. The maximum Gasteiger partial charge on any atom is 0.435 e. The van der Waals surface area contributed by atoms with Gasteiger partial charge in [0.25, 0.3) is 5.89 Å². The Labute approximate surface area is 141 Å². The van der Waals surface area contributed by atoms with E-state index in [2.05, 4.69) is 25.7 Å². The number of hydrogen-bond acceptors (Lipinski definition) is 5. The topological polar surface area (TPSA) is 96.7 Å². The summed E-state index contributed by atoms with van der Waals surface area (Å²) in [6.45, 7) is 5.06. The minimum absolute atomic E-state index is 0.00848. The van der Waals surface area contributed by atoms with E-state index in [-0.39, 0.29) is 23.8 Å². The largest absolute Gasteiger partial charge is 0.435 e. The van der Waals surface area contributed by atoms with E-state index in [0.29, 0.717) is 24.4 Å². The highest BCUT2D eigenvalue weighted by atomic mass is 19.4. The smallest absolute Gasteiger partial charge is 0.342 e. The van der Waals surface area contributed by atoms with Crippen LogP contribution < -0.4 is 5.32 Å². The van der Waals surface area contributed by atoms with E-state index in [1.165, 1.54) is 0 Å². The van der Waals surface area contributed by atoms with Crippen LogP contribution in [0.5, 0.6) is 0 Å². The first kappa shape index (κ1) is 17.4. The third-order valence-corrected chi connectivity index (χ3v) is 4.28. The highest BCUT2D eigenvalue weighted by Crippen LogP contribution is 2.36. The summed E-state index contributed by atoms with van der Waals surface area (Å²) in [7, 11) is 0. The first-order valence-corrected chi connectivity index (χ1v) is 7.84. The van der Waals surface area contributed by atoms with Gasteiger partial charge in [-0.1, -0.05) is 5.16 Å². The van der Waals surface area contributed by atoms with E-state index in [1.54, 1.807) is 20.8 Å². The van der Waals surface area contributed by atoms with Crippen LogP contribution in [0.1, 0.15) is 48.9 Å². The van der Waals surface area contributed by atoms with Gasteiger partial charge in [0.15, 0.2) is 11.5 Å². The number of H-pyrrole nitrogens is 1. The summed E-state index contributed by atoms with van der Waals surface area (Å²) in [6, 6.07) is 0. The summed E-state index contributed by atoms with van der Waals surface area (Å²) in [4.78, 5) is 16.7. The lowest BCUT2D eigenvalue weighted by Gasteiger charge is -2.27. The van der Waals surface area contributed by atoms with Gasteiger partial charge in [0.2, 0.25) is 5.91 Å². The van der Waals surface area contributed by atoms with Crippen LogP contribution in [0.3, 0.4) is 0 Å². The molecule has 2 aromatic rings. The number of carbonyl (C=O) groups is 1. The number of carbonyl (C=O) groups excluding carboxylic acids is 1. The Morgan fingerprint density at radius 3 is 2.68 bits per heavy atom. The van der Waals surface area contributed by atoms with Gasteiger partial charge in [-0.05, 0) is 40.0 Å². The fraction of sp³-hybridized carbons (Fsp3) is 0.600. The number of aryl methyl sites for hydroxylation is 2. The second-order valence-electron chi connectivity index (χ2n) is 6.73. The molecular weight excluding hydrogens is 339 g/mol. The standard InChI is InChI=1S/C15H18F3N5O2/c1-7-19-13(25-23-7)14(2,3)20-12(24)8-4-5-10-9(6-8)11(22-21-10)15(16,17)18/h8H,4-6H2,1-3H3,(H,20,24)(H,21,22). The zero-order valence-electron chi connectivity index (χ0n) is 14.0. The van der Waals surface area contributed by atoms with Crippen molar-refractivity contribution in [2.45, 2.75) is 51.7 Å². The fourth-order valence-corrected chi connectivity index (χ4v) is 2.97. The van der Waals surface area contributed by atoms with Crippen LogP contribution in [0.2, 0.25) is 0 Å². The summed E-state index contributed by atoms with van der Waals surface area (Å²) in [5.74, 6) is -0.239. The molecule has 3 rings (SSSR count). The van der Waals surface area contributed by atoms with Crippen molar-refractivity contribution in [2.24, 2.45) is 5.92 Å². The highest BCUT2D eigenvalue weighted by Gasteiger charge is 2.41. The molecule has 0 spiro atoms. The van der Waals surface area contributed by atoms with Crippen LogP contribution in [-0.2, 0) is 29.4 Å². The van der Waals surface area contributed by atoms with Crippen LogP contribution in [0, 0.1) is 12.8 Å². The first-order valence-electron chi connectivity index (χ1n) is 7.84. The summed E-state index contributed by atoms with van der Waals surface area (Å²) in [5, 5.41) is 12.3. The molecular formula is C15H18F3N5O2. The van der Waals surface area contributed by atoms with Crippen molar-refractivity contribution in [2.75, 3.05) is 0 Å². The van der Waals surface area contributed by atoms with Gasteiger partial charge in [0.1, 0.15) is 5.54 Å². The number of nitrogens with zero attached hydrogens (tertiary/aromatic N) is 3. The molecule has 0 fully saturated rings. The van der Waals surface area contributed by atoms with Crippen LogP contribution in [0.25, 0.3) is 0 Å². The quantitative estimate of drug-likeness (QED) is 0.878. The third-order valence-electron chi connectivity index (χ3n) is 4.28. The van der Waals surface area contributed by atoms with Crippen molar-refractivity contribution in [3.8, 4) is 0 Å². The number of aromatic nitrogens is 4. The Hall–Kier alpha value is -2.39. The van der Waals surface area contributed by atoms with Gasteiger partial charge in [-0.3, -0.25) is 9.89 Å². The highest BCUT2D eigenvalue weighted by molar-refractivity contribution is 5.80. The summed E-state index contributed by atoms with van der Waals surface area (Å²) >= 11 is 0. The van der Waals surface area contributed by atoms with E-state index in [1.807, 2.05) is 0 Å². The summed E-state index contributed by atoms with van der Waals surface area (Å²) in [5.41, 5.74) is -1.33. The molecule has 0 saturated heterocycles. The molecule has 25 heavy (non-hydrogen) atoms. The predicted molar refractivity (Wildman–Crippen MR) is 79.3 cm³/mol. The molecule has 10 heteroatoms. The Morgan fingerprint density at radius 2 is 2.08 bits per heavy atom. The maximum absolute atomic E-state index is 13.0. The van der Waals surface area contributed by atoms with Gasteiger partial charge in [0, 0.05) is 17.2 Å². The number of amides is 1. The van der Waals surface area contributed by atoms with Gasteiger partial charge < -0.3 is 9.84 Å². The lowest BCUT2D eigenvalue weighted by atomic mass is 9.85. The Morgan fingerprint density at radius 1 is 1.36 bits per heavy atom. The molecule has 136 valence electrons. The van der Waals surface area contributed by atoms with Crippen molar-refractivity contribution < 1.29 is 22.5 Å². The number of halogens is 3. The van der Waals surface area contributed by atoms with Crippen LogP contribution in [-0.4, -0.2) is 26.2 Å². The van der Waals surface area contributed by atoms with Crippen molar-refractivity contribution in [1.82, 2.24) is 25.7 Å². The average Bonchev–Trinajstić information content (AvgIpc) is 3.11. The van der Waals surface area contributed by atoms with E-state index < -0.39 is 23.3 Å². The van der Waals surface area contributed by atoms with Crippen molar-refractivity contribution >= 4 is 5.91 Å². The number of fused-ring (bicyclic) bond motifs is 1. The fourth-order valence-electron chi connectivity index (χ4n) is 2.97. The number of hydrogen-bond donors (Lipinski definition) is 2. The van der Waals surface area contributed by atoms with Crippen LogP contribution >= 0.6 is 0 Å². The Kier molecular flexibility index (Phi) is 4.08. The molecule has 2 aromatic heterocycles. The molecule has 0 aliphatic heterocycles. The van der Waals surface area contributed by atoms with Crippen molar-refractivity contribution in [1.29, 1.82) is 0 Å². The molecule has 2 heterocycles. The first-order chi connectivity index (χ1) is 11.6. The van der Waals surface area contributed by atoms with Gasteiger partial charge in [0.05, 0.1) is 0 Å². The Balaban J connectivity index is 1.75. The number of alkyl halides is 3. The summed E-state index contributed by atoms with van der Waals surface area (Å²) in [6.07, 6.45) is -3.76. The molecule has 0 radical (unpaired) electrons. The molecule has 0 saturated carbocycles. The SMILES string of the molecule is Cc1noc(C(C)(C)NC(=O)C2CCc3[nH]nc(C(F)(F)F)c3C2)n1. The average molecular weight is 357 g/mol. The number of nitrogens with one attached hydrogen (secondary N) is 2. The second kappa shape index (κ2) is 5.85. The second-order valence-corrected chi connectivity index (χ2v) is 6.73. The minimum Gasteiger partial charge on any atom is -0.342 e. The zero-order chi connectivity index (χ0) is 18.4. The monoisotopic (exact) mass is 357 g/mol. The van der Waals surface area contributed by atoms with Gasteiger partial charge in [-0.15, -0.1) is 0 Å². The van der Waals surface area contributed by atoms with Gasteiger partial charge >= 0.3 is 6.18 Å². The zero-order valence-corrected chi connectivity index (χ0v) is 14.0. The number of rotatable bonds is 3. The van der Waals surface area contributed by atoms with Crippen molar-refractivity contribution in [3.05, 3.63) is 28.7 Å². The molecule has 7 nitrogen and oxygen atoms in total. The van der Waals surface area contributed by atoms with E-state index in [9.17, 15) is 18.0 Å². The molecule has 2 N–H and O–H groups in total. The molecule has 1 aliphatic carbocycles. The predicted octanol–water partition coefficient (Wildman–Crippen LogP) is 2.28. The van der Waals surface area contributed by atoms with Crippen LogP contribution in [0.4, 0.5) is 13.2 Å². The molecule has 1 atom stereocenters. The van der Waals surface area contributed by atoms with Crippen molar-refractivity contribution in [3.63, 3.8) is 0 Å². The van der Waals surface area contributed by atoms with E-state index >= 15 is 0 Å². The van der Waals surface area contributed by atoms with E-state index in [0.717, 1.165) is 0 Å². The lowest BCUT2D eigenvalue weighted by Crippen LogP contribution is -2.45. The molecule has 1 amide bonds.